The Balaban J connectivity index is 1.65. The molecule has 0 aliphatic heterocycles. The van der Waals surface area contributed by atoms with Gasteiger partial charge in [-0.15, -0.1) is 0 Å². The lowest BCUT2D eigenvalue weighted by atomic mass is 9.98. The van der Waals surface area contributed by atoms with Gasteiger partial charge in [0.15, 0.2) is 0 Å². The van der Waals surface area contributed by atoms with Gasteiger partial charge in [0.1, 0.15) is 5.03 Å². The Labute approximate surface area is 168 Å². The second-order valence-electron chi connectivity index (χ2n) is 5.89. The first-order chi connectivity index (χ1) is 12.8. The molecule has 0 spiro atoms. The Bertz CT molecular complexity index is 827. The highest BCUT2D eigenvalue weighted by Gasteiger charge is 2.12. The first kappa shape index (κ1) is 19.3. The molecule has 6 heteroatoms. The molecule has 134 valence electrons. The average molecular weight is 400 g/mol. The van der Waals surface area contributed by atoms with Crippen molar-refractivity contribution in [2.75, 3.05) is 5.75 Å². The Morgan fingerprint density at radius 2 is 1.92 bits per heavy atom. The van der Waals surface area contributed by atoms with Crippen LogP contribution >= 0.6 is 34.2 Å². The molecule has 1 atom stereocenters. The van der Waals surface area contributed by atoms with Gasteiger partial charge in [0.2, 0.25) is 0 Å². The molecule has 0 saturated heterocycles. The van der Waals surface area contributed by atoms with Gasteiger partial charge in [-0.3, -0.25) is 9.97 Å². The fraction of sp³-hybridized carbons (Fsp3) is 0.250. The summed E-state index contributed by atoms with van der Waals surface area (Å²) < 4.78 is 0. The molecule has 26 heavy (non-hydrogen) atoms. The predicted octanol–water partition coefficient (Wildman–Crippen LogP) is 5.49. The number of hydrogen-bond acceptors (Lipinski definition) is 6. The van der Waals surface area contributed by atoms with Gasteiger partial charge in [-0.05, 0) is 81.6 Å². The molecule has 0 saturated carbocycles. The van der Waals surface area contributed by atoms with Gasteiger partial charge < -0.3 is 0 Å². The summed E-state index contributed by atoms with van der Waals surface area (Å²) in [4.78, 5) is 14.4. The molecular formula is C20H21N3S3. The zero-order valence-corrected chi connectivity index (χ0v) is 17.1. The second kappa shape index (κ2) is 10.00. The Morgan fingerprint density at radius 3 is 2.69 bits per heavy atom. The SMILES string of the molecule is CCc1ccnc(SSc2cncc(CC(CS)c3ccccn3)c2)c1. The van der Waals surface area contributed by atoms with Crippen LogP contribution in [0.5, 0.6) is 0 Å². The number of pyridine rings is 3. The summed E-state index contributed by atoms with van der Waals surface area (Å²) in [6.07, 6.45) is 9.46. The maximum absolute atomic E-state index is 4.51. The van der Waals surface area contributed by atoms with Crippen molar-refractivity contribution in [3.05, 3.63) is 78.0 Å². The van der Waals surface area contributed by atoms with E-state index in [-0.39, 0.29) is 5.92 Å². The third-order valence-corrected chi connectivity index (χ3v) is 6.68. The standard InChI is InChI=1S/C20H21N3S3/c1-2-15-6-8-23-20(11-15)26-25-18-10-16(12-21-13-18)9-17(14-24)19-5-3-4-7-22-19/h3-8,10-13,17,24H,2,9,14H2,1H3. The average Bonchev–Trinajstić information content (AvgIpc) is 2.71. The zero-order valence-electron chi connectivity index (χ0n) is 14.6. The molecule has 0 amide bonds. The van der Waals surface area contributed by atoms with E-state index in [1.165, 1.54) is 11.1 Å². The van der Waals surface area contributed by atoms with Crippen molar-refractivity contribution in [3.63, 3.8) is 0 Å². The fourth-order valence-corrected chi connectivity index (χ4v) is 4.79. The lowest BCUT2D eigenvalue weighted by Crippen LogP contribution is -2.07. The highest BCUT2D eigenvalue weighted by atomic mass is 33.1. The summed E-state index contributed by atoms with van der Waals surface area (Å²) in [7, 11) is 3.37. The van der Waals surface area contributed by atoms with E-state index in [4.69, 9.17) is 0 Å². The van der Waals surface area contributed by atoms with E-state index in [0.717, 1.165) is 34.2 Å². The Morgan fingerprint density at radius 1 is 1.00 bits per heavy atom. The van der Waals surface area contributed by atoms with Crippen molar-refractivity contribution in [2.24, 2.45) is 0 Å². The number of aryl methyl sites for hydroxylation is 1. The Kier molecular flexibility index (Phi) is 7.41. The number of nitrogens with zero attached hydrogens (tertiary/aromatic N) is 3. The van der Waals surface area contributed by atoms with Crippen LogP contribution in [0.4, 0.5) is 0 Å². The third kappa shape index (κ3) is 5.50. The first-order valence-electron chi connectivity index (χ1n) is 8.53. The van der Waals surface area contributed by atoms with Gasteiger partial charge in [-0.1, -0.05) is 13.0 Å². The van der Waals surface area contributed by atoms with E-state index in [9.17, 15) is 0 Å². The normalized spacial score (nSPS) is 12.1. The van der Waals surface area contributed by atoms with Crippen LogP contribution in [0.15, 0.2) is 71.1 Å². The van der Waals surface area contributed by atoms with Gasteiger partial charge in [0.25, 0.3) is 0 Å². The minimum atomic E-state index is 0.289. The summed E-state index contributed by atoms with van der Waals surface area (Å²) in [6.45, 7) is 2.16. The van der Waals surface area contributed by atoms with E-state index in [1.54, 1.807) is 21.6 Å². The van der Waals surface area contributed by atoms with Crippen LogP contribution in [0.2, 0.25) is 0 Å². The molecule has 0 bridgehead atoms. The van der Waals surface area contributed by atoms with Crippen molar-refractivity contribution >= 4 is 34.2 Å². The minimum absolute atomic E-state index is 0.289. The van der Waals surface area contributed by atoms with E-state index < -0.39 is 0 Å². The summed E-state index contributed by atoms with van der Waals surface area (Å²) in [5.41, 5.74) is 3.59. The fourth-order valence-electron chi connectivity index (χ4n) is 2.59. The molecule has 0 aliphatic carbocycles. The molecule has 0 N–H and O–H groups in total. The van der Waals surface area contributed by atoms with Crippen LogP contribution in [0.1, 0.15) is 29.7 Å². The van der Waals surface area contributed by atoms with Crippen molar-refractivity contribution in [1.29, 1.82) is 0 Å². The van der Waals surface area contributed by atoms with Crippen LogP contribution < -0.4 is 0 Å². The van der Waals surface area contributed by atoms with Crippen LogP contribution in [-0.2, 0) is 12.8 Å². The van der Waals surface area contributed by atoms with E-state index >= 15 is 0 Å². The van der Waals surface area contributed by atoms with Crippen molar-refractivity contribution < 1.29 is 0 Å². The molecule has 0 aliphatic rings. The van der Waals surface area contributed by atoms with E-state index in [2.05, 4.69) is 58.8 Å². The van der Waals surface area contributed by atoms with E-state index in [1.807, 2.05) is 36.9 Å². The lowest BCUT2D eigenvalue weighted by Gasteiger charge is -2.14. The molecular weight excluding hydrogens is 378 g/mol. The largest absolute Gasteiger partial charge is 0.263 e. The minimum Gasteiger partial charge on any atom is -0.263 e. The Hall–Kier alpha value is -1.50. The molecule has 1 unspecified atom stereocenters. The quantitative estimate of drug-likeness (QED) is 0.400. The van der Waals surface area contributed by atoms with Crippen LogP contribution in [0.3, 0.4) is 0 Å². The van der Waals surface area contributed by atoms with Crippen molar-refractivity contribution in [3.8, 4) is 0 Å². The molecule has 0 fully saturated rings. The third-order valence-electron chi connectivity index (χ3n) is 4.01. The molecule has 3 rings (SSSR count). The maximum atomic E-state index is 4.51. The monoisotopic (exact) mass is 399 g/mol. The number of thiol groups is 1. The predicted molar refractivity (Wildman–Crippen MR) is 114 cm³/mol. The highest BCUT2D eigenvalue weighted by molar-refractivity contribution is 8.76. The summed E-state index contributed by atoms with van der Waals surface area (Å²) in [5, 5.41) is 1.03. The zero-order chi connectivity index (χ0) is 18.2. The van der Waals surface area contributed by atoms with Crippen LogP contribution in [0.25, 0.3) is 0 Å². The molecule has 3 nitrogen and oxygen atoms in total. The van der Waals surface area contributed by atoms with Crippen molar-refractivity contribution in [2.45, 2.75) is 35.6 Å². The topological polar surface area (TPSA) is 38.7 Å². The number of hydrogen-bond donors (Lipinski definition) is 1. The summed E-state index contributed by atoms with van der Waals surface area (Å²) >= 11 is 4.51. The smallest absolute Gasteiger partial charge is 0.107 e. The van der Waals surface area contributed by atoms with Gasteiger partial charge in [-0.2, -0.15) is 12.6 Å². The maximum Gasteiger partial charge on any atom is 0.107 e. The van der Waals surface area contributed by atoms with Gasteiger partial charge in [0, 0.05) is 41.3 Å². The number of aromatic nitrogens is 3. The van der Waals surface area contributed by atoms with Gasteiger partial charge in [-0.25, -0.2) is 4.98 Å². The van der Waals surface area contributed by atoms with Crippen molar-refractivity contribution in [1.82, 2.24) is 15.0 Å². The van der Waals surface area contributed by atoms with Gasteiger partial charge in [0.05, 0.1) is 0 Å². The molecule has 0 radical (unpaired) electrons. The first-order valence-corrected chi connectivity index (χ1v) is 11.3. The summed E-state index contributed by atoms with van der Waals surface area (Å²) in [5.74, 6) is 1.05. The van der Waals surface area contributed by atoms with E-state index in [0.29, 0.717) is 0 Å². The summed E-state index contributed by atoms with van der Waals surface area (Å²) in [6, 6.07) is 12.4. The lowest BCUT2D eigenvalue weighted by molar-refractivity contribution is 0.739. The molecule has 0 aromatic carbocycles. The molecule has 3 aromatic rings. The van der Waals surface area contributed by atoms with Crippen LogP contribution in [0, 0.1) is 0 Å². The highest BCUT2D eigenvalue weighted by Crippen LogP contribution is 2.36. The second-order valence-corrected chi connectivity index (χ2v) is 8.48. The van der Waals surface area contributed by atoms with Crippen LogP contribution in [-0.4, -0.2) is 20.7 Å². The van der Waals surface area contributed by atoms with Gasteiger partial charge >= 0.3 is 0 Å². The molecule has 3 heterocycles. The molecule has 3 aromatic heterocycles. The number of rotatable bonds is 8.